The first-order chi connectivity index (χ1) is 22.0. The summed E-state index contributed by atoms with van der Waals surface area (Å²) in [4.78, 5) is 59.7. The van der Waals surface area contributed by atoms with Gasteiger partial charge < -0.3 is 23.7 Å². The summed E-state index contributed by atoms with van der Waals surface area (Å²) in [6.45, 7) is -0.555. The highest BCUT2D eigenvalue weighted by molar-refractivity contribution is 5.91. The zero-order valence-corrected chi connectivity index (χ0v) is 23.8. The van der Waals surface area contributed by atoms with Crippen molar-refractivity contribution < 1.29 is 51.2 Å². The molecule has 0 unspecified atom stereocenters. The third-order valence-electron chi connectivity index (χ3n) is 6.76. The molecule has 2 heterocycles. The number of esters is 3. The van der Waals surface area contributed by atoms with Gasteiger partial charge in [-0.2, -0.15) is 18.2 Å². The monoisotopic (exact) mass is 639 g/mol. The van der Waals surface area contributed by atoms with Crippen LogP contribution in [0.15, 0.2) is 96.1 Å². The summed E-state index contributed by atoms with van der Waals surface area (Å²) in [5.74, 6) is -2.91. The van der Waals surface area contributed by atoms with Gasteiger partial charge in [0.2, 0.25) is 0 Å². The minimum absolute atomic E-state index is 0.0962. The topological polar surface area (TPSA) is 145 Å². The molecule has 4 aromatic rings. The predicted octanol–water partition coefficient (Wildman–Crippen LogP) is 3.87. The number of nitrogens with zero attached hydrogens (tertiary/aromatic N) is 3. The molecule has 3 aromatic carbocycles. The Morgan fingerprint density at radius 1 is 0.826 bits per heavy atom. The fourth-order valence-electron chi connectivity index (χ4n) is 4.53. The first-order valence-corrected chi connectivity index (χ1v) is 13.6. The second-order valence-corrected chi connectivity index (χ2v) is 9.75. The summed E-state index contributed by atoms with van der Waals surface area (Å²) in [6.07, 6.45) is -9.96. The van der Waals surface area contributed by atoms with Gasteiger partial charge in [-0.05, 0) is 42.5 Å². The fraction of sp³-hybridized carbons (Fsp3) is 0.226. The molecule has 1 aliphatic heterocycles. The first kappa shape index (κ1) is 31.8. The molecule has 1 fully saturated rings. The molecule has 0 bridgehead atoms. The number of halogens is 3. The van der Waals surface area contributed by atoms with E-state index >= 15 is 0 Å². The van der Waals surface area contributed by atoms with Gasteiger partial charge in [0, 0.05) is 0 Å². The number of alkyl halides is 3. The van der Waals surface area contributed by atoms with Gasteiger partial charge in [-0.3, -0.25) is 4.57 Å². The largest absolute Gasteiger partial charge is 0.467 e. The van der Waals surface area contributed by atoms with Gasteiger partial charge in [0.05, 0.1) is 29.4 Å². The lowest BCUT2D eigenvalue weighted by Crippen LogP contribution is -2.42. The van der Waals surface area contributed by atoms with Crippen LogP contribution in [0.25, 0.3) is 0 Å². The van der Waals surface area contributed by atoms with Crippen LogP contribution in [-0.4, -0.2) is 64.5 Å². The highest BCUT2D eigenvalue weighted by Gasteiger charge is 2.52. The number of hydrogen-bond acceptors (Lipinski definition) is 11. The van der Waals surface area contributed by atoms with Crippen LogP contribution >= 0.6 is 0 Å². The SMILES string of the molecule is COc1ncn([C@@H]2O[C@H](COC(=O)c3ccccc3)[C@@H](OC(=O)c3ccccc3)[C@H]2OC(=O)c2cccc(C(F)(F)F)c2)c(=O)n1. The Bertz CT molecular complexity index is 1770. The average Bonchev–Trinajstić information content (AvgIpc) is 3.39. The van der Waals surface area contributed by atoms with Crippen molar-refractivity contribution in [2.45, 2.75) is 30.7 Å². The van der Waals surface area contributed by atoms with E-state index in [4.69, 9.17) is 23.7 Å². The summed E-state index contributed by atoms with van der Waals surface area (Å²) >= 11 is 0. The lowest BCUT2D eigenvalue weighted by atomic mass is 10.1. The number of rotatable bonds is 9. The predicted molar refractivity (Wildman–Crippen MR) is 150 cm³/mol. The van der Waals surface area contributed by atoms with Crippen LogP contribution < -0.4 is 10.4 Å². The van der Waals surface area contributed by atoms with Gasteiger partial charge in [-0.15, -0.1) is 4.98 Å². The molecule has 1 aliphatic rings. The van der Waals surface area contributed by atoms with Gasteiger partial charge >= 0.3 is 35.8 Å². The number of methoxy groups -OCH3 is 1. The highest BCUT2D eigenvalue weighted by atomic mass is 19.4. The molecule has 0 radical (unpaired) electrons. The summed E-state index contributed by atoms with van der Waals surface area (Å²) in [6, 6.07) is 18.8. The molecule has 12 nitrogen and oxygen atoms in total. The maximum Gasteiger partial charge on any atom is 0.416 e. The average molecular weight is 640 g/mol. The van der Waals surface area contributed by atoms with E-state index < -0.39 is 72.0 Å². The van der Waals surface area contributed by atoms with E-state index in [9.17, 15) is 32.3 Å². The Kier molecular flexibility index (Phi) is 9.42. The Labute approximate surface area is 258 Å². The third-order valence-corrected chi connectivity index (χ3v) is 6.76. The molecular formula is C31H24F3N3O9. The van der Waals surface area contributed by atoms with Crippen molar-refractivity contribution in [1.29, 1.82) is 0 Å². The fourth-order valence-corrected chi connectivity index (χ4v) is 4.53. The molecule has 5 rings (SSSR count). The maximum atomic E-state index is 13.4. The van der Waals surface area contributed by atoms with E-state index in [1.54, 1.807) is 36.4 Å². The lowest BCUT2D eigenvalue weighted by molar-refractivity contribution is -0.137. The van der Waals surface area contributed by atoms with Crippen molar-refractivity contribution in [1.82, 2.24) is 14.5 Å². The van der Waals surface area contributed by atoms with Crippen molar-refractivity contribution in [3.05, 3.63) is 124 Å². The normalized spacial score (nSPS) is 19.2. The molecule has 0 aliphatic carbocycles. The Balaban J connectivity index is 1.52. The molecule has 0 amide bonds. The minimum atomic E-state index is -4.76. The Hall–Kier alpha value is -5.57. The van der Waals surface area contributed by atoms with Crippen LogP contribution in [0.5, 0.6) is 6.01 Å². The molecule has 15 heteroatoms. The molecule has 1 aromatic heterocycles. The standard InChI is InChI=1S/C31H24F3N3O9/c1-42-29-35-17-37(30(41)36-29)25-24(46-28(40)20-13-8-14-21(15-20)31(32,33)34)23(45-27(39)19-11-6-3-7-12-19)22(44-25)16-43-26(38)18-9-4-2-5-10-18/h2-15,17,22-25H,16H2,1H3/t22-,23-,24-,25-/m1/s1. The summed E-state index contributed by atoms with van der Waals surface area (Å²) in [5.41, 5.74) is -2.29. The van der Waals surface area contributed by atoms with Crippen LogP contribution in [0, 0.1) is 0 Å². The quantitative estimate of drug-likeness (QED) is 0.194. The molecule has 0 saturated carbocycles. The summed E-state index contributed by atoms with van der Waals surface area (Å²) in [7, 11) is 1.22. The number of carbonyl (C=O) groups excluding carboxylic acids is 3. The van der Waals surface area contributed by atoms with Crippen LogP contribution in [0.2, 0.25) is 0 Å². The molecule has 4 atom stereocenters. The minimum Gasteiger partial charge on any atom is -0.467 e. The van der Waals surface area contributed by atoms with Gasteiger partial charge in [0.25, 0.3) is 0 Å². The lowest BCUT2D eigenvalue weighted by Gasteiger charge is -2.25. The van der Waals surface area contributed by atoms with Gasteiger partial charge in [0.1, 0.15) is 19.0 Å². The van der Waals surface area contributed by atoms with Crippen LogP contribution in [0.4, 0.5) is 13.2 Å². The van der Waals surface area contributed by atoms with Crippen molar-refractivity contribution in [3.8, 4) is 6.01 Å². The zero-order valence-electron chi connectivity index (χ0n) is 23.8. The maximum absolute atomic E-state index is 13.4. The Morgan fingerprint density at radius 3 is 2.02 bits per heavy atom. The third kappa shape index (κ3) is 7.21. The molecule has 238 valence electrons. The Morgan fingerprint density at radius 2 is 1.41 bits per heavy atom. The van der Waals surface area contributed by atoms with E-state index in [1.807, 2.05) is 0 Å². The van der Waals surface area contributed by atoms with E-state index in [0.717, 1.165) is 29.1 Å². The van der Waals surface area contributed by atoms with Gasteiger partial charge in [-0.25, -0.2) is 19.2 Å². The first-order valence-electron chi connectivity index (χ1n) is 13.6. The second kappa shape index (κ2) is 13.6. The van der Waals surface area contributed by atoms with Crippen molar-refractivity contribution in [3.63, 3.8) is 0 Å². The highest BCUT2D eigenvalue weighted by Crippen LogP contribution is 2.35. The van der Waals surface area contributed by atoms with Crippen molar-refractivity contribution >= 4 is 17.9 Å². The molecular weight excluding hydrogens is 615 g/mol. The number of ether oxygens (including phenoxy) is 5. The second-order valence-electron chi connectivity index (χ2n) is 9.75. The number of carbonyl (C=O) groups is 3. The molecule has 0 N–H and O–H groups in total. The number of benzene rings is 3. The van der Waals surface area contributed by atoms with E-state index in [-0.39, 0.29) is 17.1 Å². The number of hydrogen-bond donors (Lipinski definition) is 0. The molecule has 1 saturated heterocycles. The van der Waals surface area contributed by atoms with E-state index in [1.165, 1.54) is 31.4 Å². The smallest absolute Gasteiger partial charge is 0.416 e. The van der Waals surface area contributed by atoms with E-state index in [2.05, 4.69) is 9.97 Å². The van der Waals surface area contributed by atoms with Gasteiger partial charge in [-0.1, -0.05) is 42.5 Å². The molecule has 46 heavy (non-hydrogen) atoms. The van der Waals surface area contributed by atoms with Crippen LogP contribution in [-0.2, 0) is 25.1 Å². The van der Waals surface area contributed by atoms with Gasteiger partial charge in [0.15, 0.2) is 18.4 Å². The van der Waals surface area contributed by atoms with Crippen LogP contribution in [0.1, 0.15) is 42.9 Å². The zero-order chi connectivity index (χ0) is 32.8. The van der Waals surface area contributed by atoms with Crippen molar-refractivity contribution in [2.75, 3.05) is 13.7 Å². The number of aromatic nitrogens is 3. The molecule has 0 spiro atoms. The van der Waals surface area contributed by atoms with Crippen LogP contribution in [0.3, 0.4) is 0 Å². The van der Waals surface area contributed by atoms with Crippen molar-refractivity contribution in [2.24, 2.45) is 0 Å². The van der Waals surface area contributed by atoms with E-state index in [0.29, 0.717) is 6.07 Å². The summed E-state index contributed by atoms with van der Waals surface area (Å²) < 4.78 is 68.6. The summed E-state index contributed by atoms with van der Waals surface area (Å²) in [5, 5.41) is 0.